The van der Waals surface area contributed by atoms with Crippen molar-refractivity contribution in [3.63, 3.8) is 0 Å². The SMILES string of the molecule is CN(C=O)c1ccccc1.O=Cc1c2ccccc2cc2ccc(Cl)cc12. The third-order valence-electron chi connectivity index (χ3n) is 4.31. The van der Waals surface area contributed by atoms with Crippen LogP contribution in [0.4, 0.5) is 5.69 Å². The number of carbonyl (C=O) groups is 2. The minimum absolute atomic E-state index is 0.649. The molecule has 0 unspecified atom stereocenters. The van der Waals surface area contributed by atoms with E-state index in [-0.39, 0.29) is 0 Å². The maximum atomic E-state index is 11.3. The van der Waals surface area contributed by atoms with Gasteiger partial charge in [-0.05, 0) is 51.9 Å². The number of aldehydes is 1. The standard InChI is InChI=1S/C15H9ClO.C8H9NO/c16-12-6-5-11-7-10-3-1-2-4-13(10)15(9-17)14(11)8-12;1-9(7-10)8-5-3-2-4-6-8/h1-9H;2-7H,1H3. The summed E-state index contributed by atoms with van der Waals surface area (Å²) in [7, 11) is 1.72. The van der Waals surface area contributed by atoms with Crippen molar-refractivity contribution in [1.29, 1.82) is 0 Å². The Bertz CT molecular complexity index is 1090. The second-order valence-electron chi connectivity index (χ2n) is 6.05. The molecule has 0 aliphatic heterocycles. The van der Waals surface area contributed by atoms with Crippen molar-refractivity contribution in [2.45, 2.75) is 0 Å². The van der Waals surface area contributed by atoms with Crippen molar-refractivity contribution >= 4 is 51.5 Å². The lowest BCUT2D eigenvalue weighted by Gasteiger charge is -2.08. The molecule has 0 saturated heterocycles. The summed E-state index contributed by atoms with van der Waals surface area (Å²) < 4.78 is 0. The van der Waals surface area contributed by atoms with Crippen LogP contribution in [0.5, 0.6) is 0 Å². The number of carbonyl (C=O) groups excluding carboxylic acids is 2. The summed E-state index contributed by atoms with van der Waals surface area (Å²) in [5, 5.41) is 4.64. The highest BCUT2D eigenvalue weighted by molar-refractivity contribution is 6.31. The minimum atomic E-state index is 0.649. The highest BCUT2D eigenvalue weighted by atomic mass is 35.5. The molecule has 0 heterocycles. The first-order valence-electron chi connectivity index (χ1n) is 8.43. The van der Waals surface area contributed by atoms with Gasteiger partial charge in [0.25, 0.3) is 0 Å². The van der Waals surface area contributed by atoms with Crippen molar-refractivity contribution in [1.82, 2.24) is 0 Å². The Kier molecular flexibility index (Phi) is 5.84. The molecule has 0 bridgehead atoms. The molecule has 0 N–H and O–H groups in total. The molecule has 0 aliphatic rings. The number of anilines is 1. The van der Waals surface area contributed by atoms with Crippen LogP contribution in [-0.2, 0) is 4.79 Å². The summed E-state index contributed by atoms with van der Waals surface area (Å²) in [6, 6.07) is 25.1. The Morgan fingerprint density at radius 2 is 1.44 bits per heavy atom. The maximum Gasteiger partial charge on any atom is 0.213 e. The van der Waals surface area contributed by atoms with Gasteiger partial charge in [-0.1, -0.05) is 60.1 Å². The summed E-state index contributed by atoms with van der Waals surface area (Å²) >= 11 is 5.98. The Morgan fingerprint density at radius 1 is 0.778 bits per heavy atom. The van der Waals surface area contributed by atoms with Crippen molar-refractivity contribution in [2.24, 2.45) is 0 Å². The third-order valence-corrected chi connectivity index (χ3v) is 4.54. The second-order valence-corrected chi connectivity index (χ2v) is 6.48. The first-order chi connectivity index (χ1) is 13.1. The van der Waals surface area contributed by atoms with E-state index in [9.17, 15) is 9.59 Å². The van der Waals surface area contributed by atoms with Crippen LogP contribution in [-0.4, -0.2) is 19.7 Å². The molecule has 0 aliphatic carbocycles. The molecule has 0 saturated carbocycles. The molecule has 4 rings (SSSR count). The van der Waals surface area contributed by atoms with Crippen LogP contribution in [0.2, 0.25) is 5.02 Å². The Hall–Kier alpha value is -3.17. The number of para-hydroxylation sites is 1. The van der Waals surface area contributed by atoms with E-state index in [1.54, 1.807) is 7.05 Å². The van der Waals surface area contributed by atoms with Gasteiger partial charge >= 0.3 is 0 Å². The molecular formula is C23H18ClNO2. The van der Waals surface area contributed by atoms with E-state index in [1.807, 2.05) is 72.8 Å². The molecule has 27 heavy (non-hydrogen) atoms. The van der Waals surface area contributed by atoms with Crippen molar-refractivity contribution in [3.8, 4) is 0 Å². The third kappa shape index (κ3) is 4.15. The smallest absolute Gasteiger partial charge is 0.213 e. The zero-order valence-corrected chi connectivity index (χ0v) is 15.6. The van der Waals surface area contributed by atoms with Crippen LogP contribution in [0.1, 0.15) is 10.4 Å². The number of amides is 1. The number of hydrogen-bond acceptors (Lipinski definition) is 2. The molecule has 0 radical (unpaired) electrons. The normalized spacial score (nSPS) is 10.1. The van der Waals surface area contributed by atoms with E-state index in [0.29, 0.717) is 10.6 Å². The van der Waals surface area contributed by atoms with Crippen molar-refractivity contribution < 1.29 is 9.59 Å². The molecule has 4 aromatic carbocycles. The second kappa shape index (κ2) is 8.47. The summed E-state index contributed by atoms with van der Waals surface area (Å²) in [5.74, 6) is 0. The van der Waals surface area contributed by atoms with Gasteiger partial charge in [0.1, 0.15) is 0 Å². The van der Waals surface area contributed by atoms with E-state index >= 15 is 0 Å². The molecule has 4 aromatic rings. The molecule has 3 nitrogen and oxygen atoms in total. The molecule has 134 valence electrons. The Balaban J connectivity index is 0.000000180. The van der Waals surface area contributed by atoms with Gasteiger partial charge < -0.3 is 4.90 Å². The van der Waals surface area contributed by atoms with Crippen LogP contribution in [0.15, 0.2) is 78.9 Å². The van der Waals surface area contributed by atoms with Crippen LogP contribution in [0, 0.1) is 0 Å². The topological polar surface area (TPSA) is 37.4 Å². The lowest BCUT2D eigenvalue weighted by atomic mass is 9.98. The largest absolute Gasteiger partial charge is 0.318 e. The summed E-state index contributed by atoms with van der Waals surface area (Å²) in [5.41, 5.74) is 1.62. The van der Waals surface area contributed by atoms with Gasteiger partial charge in [-0.15, -0.1) is 0 Å². The number of fused-ring (bicyclic) bond motifs is 2. The van der Waals surface area contributed by atoms with E-state index in [1.165, 1.54) is 4.90 Å². The minimum Gasteiger partial charge on any atom is -0.318 e. The number of rotatable bonds is 3. The monoisotopic (exact) mass is 375 g/mol. The average molecular weight is 376 g/mol. The zero-order chi connectivity index (χ0) is 19.2. The summed E-state index contributed by atoms with van der Waals surface area (Å²) in [6.07, 6.45) is 1.69. The fourth-order valence-electron chi connectivity index (χ4n) is 2.92. The fraction of sp³-hybridized carbons (Fsp3) is 0.0435. The van der Waals surface area contributed by atoms with Gasteiger partial charge in [-0.25, -0.2) is 0 Å². The molecule has 0 fully saturated rings. The highest BCUT2D eigenvalue weighted by Gasteiger charge is 2.06. The molecule has 0 aromatic heterocycles. The predicted octanol–water partition coefficient (Wildman–Crippen LogP) is 5.74. The molecule has 0 spiro atoms. The lowest BCUT2D eigenvalue weighted by Crippen LogP contribution is -2.12. The molecular weight excluding hydrogens is 358 g/mol. The van der Waals surface area contributed by atoms with Crippen LogP contribution in [0.25, 0.3) is 21.5 Å². The van der Waals surface area contributed by atoms with Gasteiger partial charge in [0.2, 0.25) is 6.41 Å². The zero-order valence-electron chi connectivity index (χ0n) is 14.8. The van der Waals surface area contributed by atoms with E-state index in [2.05, 4.69) is 6.07 Å². The quantitative estimate of drug-likeness (QED) is 0.338. The molecule has 1 amide bonds. The highest BCUT2D eigenvalue weighted by Crippen LogP contribution is 2.29. The van der Waals surface area contributed by atoms with E-state index in [0.717, 1.165) is 39.9 Å². The average Bonchev–Trinajstić information content (AvgIpc) is 2.72. The molecule has 4 heteroatoms. The van der Waals surface area contributed by atoms with Crippen molar-refractivity contribution in [2.75, 3.05) is 11.9 Å². The molecule has 0 atom stereocenters. The van der Waals surface area contributed by atoms with Crippen LogP contribution in [0.3, 0.4) is 0 Å². The lowest BCUT2D eigenvalue weighted by molar-refractivity contribution is -0.107. The number of halogens is 1. The number of benzene rings is 4. The predicted molar refractivity (Wildman–Crippen MR) is 113 cm³/mol. The van der Waals surface area contributed by atoms with Crippen molar-refractivity contribution in [3.05, 3.63) is 89.4 Å². The number of nitrogens with zero attached hydrogens (tertiary/aromatic N) is 1. The van der Waals surface area contributed by atoms with Gasteiger partial charge in [0.15, 0.2) is 6.29 Å². The van der Waals surface area contributed by atoms with Gasteiger partial charge in [0, 0.05) is 23.3 Å². The Labute approximate surface area is 162 Å². The van der Waals surface area contributed by atoms with Crippen LogP contribution < -0.4 is 4.90 Å². The maximum absolute atomic E-state index is 11.3. The van der Waals surface area contributed by atoms with Gasteiger partial charge in [-0.3, -0.25) is 9.59 Å². The summed E-state index contributed by atoms with van der Waals surface area (Å²) in [4.78, 5) is 23.1. The summed E-state index contributed by atoms with van der Waals surface area (Å²) in [6.45, 7) is 0. The van der Waals surface area contributed by atoms with E-state index in [4.69, 9.17) is 11.6 Å². The number of hydrogen-bond donors (Lipinski definition) is 0. The first-order valence-corrected chi connectivity index (χ1v) is 8.81. The van der Waals surface area contributed by atoms with E-state index < -0.39 is 0 Å². The van der Waals surface area contributed by atoms with Gasteiger partial charge in [0.05, 0.1) is 0 Å². The first kappa shape index (κ1) is 18.6. The Morgan fingerprint density at radius 3 is 2.15 bits per heavy atom. The fourth-order valence-corrected chi connectivity index (χ4v) is 3.09. The van der Waals surface area contributed by atoms with Gasteiger partial charge in [-0.2, -0.15) is 0 Å². The van der Waals surface area contributed by atoms with Crippen LogP contribution >= 0.6 is 11.6 Å².